The molecule has 0 amide bonds. The highest BCUT2D eigenvalue weighted by molar-refractivity contribution is 5.85. The van der Waals surface area contributed by atoms with Crippen LogP contribution in [0.3, 0.4) is 0 Å². The molecule has 0 aliphatic carbocycles. The Balaban J connectivity index is 1.92. The van der Waals surface area contributed by atoms with Crippen LogP contribution in [-0.4, -0.2) is 20.9 Å². The lowest BCUT2D eigenvalue weighted by Crippen LogP contribution is -2.07. The van der Waals surface area contributed by atoms with E-state index in [0.29, 0.717) is 0 Å². The van der Waals surface area contributed by atoms with Crippen LogP contribution in [0.4, 0.5) is 0 Å². The van der Waals surface area contributed by atoms with E-state index in [2.05, 4.69) is 15.0 Å². The molecule has 0 spiro atoms. The predicted molar refractivity (Wildman–Crippen MR) is 51.9 cm³/mol. The summed E-state index contributed by atoms with van der Waals surface area (Å²) in [4.78, 5) is 21.7. The highest BCUT2D eigenvalue weighted by atomic mass is 16.5. The van der Waals surface area contributed by atoms with Gasteiger partial charge in [0.05, 0.1) is 0 Å². The molecule has 15 heavy (non-hydrogen) atoms. The van der Waals surface area contributed by atoms with Gasteiger partial charge in [-0.1, -0.05) is 0 Å². The van der Waals surface area contributed by atoms with Crippen molar-refractivity contribution in [2.75, 3.05) is 0 Å². The Kier molecular flexibility index (Phi) is 2.73. The number of H-pyrrole nitrogens is 1. The molecule has 0 saturated heterocycles. The molecule has 0 aliphatic heterocycles. The van der Waals surface area contributed by atoms with Crippen molar-refractivity contribution in [2.24, 2.45) is 0 Å². The number of esters is 1. The summed E-state index contributed by atoms with van der Waals surface area (Å²) in [5, 5.41) is 0. The number of rotatable bonds is 3. The second kappa shape index (κ2) is 4.36. The summed E-state index contributed by atoms with van der Waals surface area (Å²) in [6.45, 7) is 0.224. The largest absolute Gasteiger partial charge is 0.455 e. The Morgan fingerprint density at radius 1 is 1.33 bits per heavy atom. The zero-order valence-electron chi connectivity index (χ0n) is 7.88. The van der Waals surface area contributed by atoms with Crippen molar-refractivity contribution in [3.63, 3.8) is 0 Å². The molecule has 0 saturated carbocycles. The summed E-state index contributed by atoms with van der Waals surface area (Å²) < 4.78 is 5.01. The summed E-state index contributed by atoms with van der Waals surface area (Å²) in [5.74, 6) is -0.249. The van der Waals surface area contributed by atoms with Gasteiger partial charge in [-0.15, -0.1) is 0 Å². The lowest BCUT2D eigenvalue weighted by Gasteiger charge is -2.01. The molecule has 0 fully saturated rings. The first-order valence-electron chi connectivity index (χ1n) is 4.41. The minimum Gasteiger partial charge on any atom is -0.455 e. The zero-order valence-corrected chi connectivity index (χ0v) is 7.88. The van der Waals surface area contributed by atoms with Crippen molar-refractivity contribution in [3.05, 3.63) is 48.3 Å². The van der Waals surface area contributed by atoms with E-state index in [9.17, 15) is 4.79 Å². The van der Waals surface area contributed by atoms with E-state index >= 15 is 0 Å². The molecule has 2 heterocycles. The average Bonchev–Trinajstić information content (AvgIpc) is 2.81. The molecule has 0 unspecified atom stereocenters. The van der Waals surface area contributed by atoms with Crippen LogP contribution in [0.15, 0.2) is 36.9 Å². The SMILES string of the molecule is O=C(OCc1ccncc1)c1ncc[nH]1. The van der Waals surface area contributed by atoms with Crippen LogP contribution < -0.4 is 0 Å². The monoisotopic (exact) mass is 203 g/mol. The second-order valence-electron chi connectivity index (χ2n) is 2.87. The van der Waals surface area contributed by atoms with Gasteiger partial charge in [-0.05, 0) is 17.7 Å². The predicted octanol–water partition coefficient (Wildman–Crippen LogP) is 1.16. The number of hydrogen-bond donors (Lipinski definition) is 1. The maximum atomic E-state index is 11.3. The topological polar surface area (TPSA) is 67.9 Å². The molecule has 0 aromatic carbocycles. The van der Waals surface area contributed by atoms with Crippen molar-refractivity contribution in [3.8, 4) is 0 Å². The Morgan fingerprint density at radius 2 is 2.13 bits per heavy atom. The Morgan fingerprint density at radius 3 is 2.80 bits per heavy atom. The van der Waals surface area contributed by atoms with Crippen molar-refractivity contribution in [1.82, 2.24) is 15.0 Å². The van der Waals surface area contributed by atoms with E-state index in [4.69, 9.17) is 4.74 Å². The molecule has 2 aromatic rings. The first-order valence-corrected chi connectivity index (χ1v) is 4.41. The third-order valence-corrected chi connectivity index (χ3v) is 1.81. The van der Waals surface area contributed by atoms with Crippen LogP contribution in [0, 0.1) is 0 Å². The minimum absolute atomic E-state index is 0.212. The summed E-state index contributed by atoms with van der Waals surface area (Å²) in [6.07, 6.45) is 6.37. The van der Waals surface area contributed by atoms with Gasteiger partial charge in [0.1, 0.15) is 6.61 Å². The lowest BCUT2D eigenvalue weighted by molar-refractivity contribution is 0.0459. The van der Waals surface area contributed by atoms with E-state index < -0.39 is 5.97 Å². The van der Waals surface area contributed by atoms with E-state index in [0.717, 1.165) is 5.56 Å². The van der Waals surface area contributed by atoms with Gasteiger partial charge in [0.25, 0.3) is 0 Å². The van der Waals surface area contributed by atoms with Crippen molar-refractivity contribution in [2.45, 2.75) is 6.61 Å². The first-order chi connectivity index (χ1) is 7.36. The summed E-state index contributed by atoms with van der Waals surface area (Å²) >= 11 is 0. The third-order valence-electron chi connectivity index (χ3n) is 1.81. The molecule has 0 atom stereocenters. The quantitative estimate of drug-likeness (QED) is 0.760. The van der Waals surface area contributed by atoms with Crippen LogP contribution >= 0.6 is 0 Å². The van der Waals surface area contributed by atoms with Gasteiger partial charge < -0.3 is 9.72 Å². The third kappa shape index (κ3) is 2.40. The standard InChI is InChI=1S/C10H9N3O2/c14-10(9-12-5-6-13-9)15-7-8-1-3-11-4-2-8/h1-6H,7H2,(H,12,13). The van der Waals surface area contributed by atoms with Gasteiger partial charge in [-0.3, -0.25) is 4.98 Å². The fourth-order valence-corrected chi connectivity index (χ4v) is 1.07. The number of hydrogen-bond acceptors (Lipinski definition) is 4. The first kappa shape index (κ1) is 9.39. The maximum Gasteiger partial charge on any atom is 0.374 e. The van der Waals surface area contributed by atoms with Crippen LogP contribution in [0.25, 0.3) is 0 Å². The van der Waals surface area contributed by atoms with Gasteiger partial charge in [0, 0.05) is 24.8 Å². The number of nitrogens with one attached hydrogen (secondary N) is 1. The highest BCUT2D eigenvalue weighted by Crippen LogP contribution is 2.01. The maximum absolute atomic E-state index is 11.3. The highest BCUT2D eigenvalue weighted by Gasteiger charge is 2.08. The van der Waals surface area contributed by atoms with Gasteiger partial charge in [0.2, 0.25) is 5.82 Å². The lowest BCUT2D eigenvalue weighted by atomic mass is 10.3. The molecule has 76 valence electrons. The van der Waals surface area contributed by atoms with Crippen molar-refractivity contribution >= 4 is 5.97 Å². The number of ether oxygens (including phenoxy) is 1. The second-order valence-corrected chi connectivity index (χ2v) is 2.87. The smallest absolute Gasteiger partial charge is 0.374 e. The molecule has 5 heteroatoms. The molecule has 0 aliphatic rings. The van der Waals surface area contributed by atoms with E-state index in [1.165, 1.54) is 6.20 Å². The van der Waals surface area contributed by atoms with Crippen molar-refractivity contribution < 1.29 is 9.53 Å². The molecule has 2 rings (SSSR count). The number of pyridine rings is 1. The van der Waals surface area contributed by atoms with Crippen LogP contribution in [0.5, 0.6) is 0 Å². The van der Waals surface area contributed by atoms with Crippen molar-refractivity contribution in [1.29, 1.82) is 0 Å². The zero-order chi connectivity index (χ0) is 10.5. The fourth-order valence-electron chi connectivity index (χ4n) is 1.07. The van der Waals surface area contributed by atoms with E-state index in [1.807, 2.05) is 0 Å². The number of carbonyl (C=O) groups excluding carboxylic acids is 1. The molecule has 1 N–H and O–H groups in total. The normalized spacial score (nSPS) is 9.87. The number of aromatic amines is 1. The van der Waals surface area contributed by atoms with Gasteiger partial charge >= 0.3 is 5.97 Å². The average molecular weight is 203 g/mol. The summed E-state index contributed by atoms with van der Waals surface area (Å²) in [5.41, 5.74) is 0.893. The molecule has 0 bridgehead atoms. The minimum atomic E-state index is -0.461. The van der Waals surface area contributed by atoms with Crippen LogP contribution in [0.1, 0.15) is 16.2 Å². The van der Waals surface area contributed by atoms with E-state index in [1.54, 1.807) is 30.7 Å². The molecule has 5 nitrogen and oxygen atoms in total. The Hall–Kier alpha value is -2.17. The summed E-state index contributed by atoms with van der Waals surface area (Å²) in [7, 11) is 0. The molecule has 2 aromatic heterocycles. The Labute approximate surface area is 86.1 Å². The number of aromatic nitrogens is 3. The van der Waals surface area contributed by atoms with Gasteiger partial charge in [0.15, 0.2) is 0 Å². The van der Waals surface area contributed by atoms with Gasteiger partial charge in [-0.2, -0.15) is 0 Å². The molecule has 0 radical (unpaired) electrons. The fraction of sp³-hybridized carbons (Fsp3) is 0.100. The Bertz CT molecular complexity index is 425. The van der Waals surface area contributed by atoms with E-state index in [-0.39, 0.29) is 12.4 Å². The number of carbonyl (C=O) groups is 1. The van der Waals surface area contributed by atoms with Crippen LogP contribution in [0.2, 0.25) is 0 Å². The van der Waals surface area contributed by atoms with Crippen LogP contribution in [-0.2, 0) is 11.3 Å². The van der Waals surface area contributed by atoms with Gasteiger partial charge in [-0.25, -0.2) is 9.78 Å². The molecular weight excluding hydrogens is 194 g/mol. The number of imidazole rings is 1. The number of nitrogens with zero attached hydrogens (tertiary/aromatic N) is 2. The molecular formula is C10H9N3O2. The summed E-state index contributed by atoms with van der Waals surface area (Å²) in [6, 6.07) is 3.57.